The molecule has 1 rings (SSSR count). The smallest absolute Gasteiger partial charge is 0.0406 e. The molecule has 1 atom stereocenters. The molecule has 0 saturated heterocycles. The van der Waals surface area contributed by atoms with Crippen molar-refractivity contribution in [3.8, 4) is 0 Å². The molecule has 1 unspecified atom stereocenters. The quantitative estimate of drug-likeness (QED) is 0.693. The van der Waals surface area contributed by atoms with E-state index in [9.17, 15) is 0 Å². The SMILES string of the molecule is CC(Cc1ccc(Cl)cc1)NCCCCN(C)C(C)C. The fourth-order valence-corrected chi connectivity index (χ4v) is 2.27. The summed E-state index contributed by atoms with van der Waals surface area (Å²) in [6, 6.07) is 9.30. The van der Waals surface area contributed by atoms with Crippen molar-refractivity contribution in [1.82, 2.24) is 10.2 Å². The van der Waals surface area contributed by atoms with Crippen molar-refractivity contribution in [1.29, 1.82) is 0 Å². The van der Waals surface area contributed by atoms with Crippen LogP contribution in [0.3, 0.4) is 0 Å². The molecule has 0 heterocycles. The lowest BCUT2D eigenvalue weighted by molar-refractivity contribution is 0.267. The van der Waals surface area contributed by atoms with E-state index in [4.69, 9.17) is 11.6 Å². The van der Waals surface area contributed by atoms with E-state index in [-0.39, 0.29) is 0 Å². The molecule has 0 spiro atoms. The van der Waals surface area contributed by atoms with Gasteiger partial charge in [0.2, 0.25) is 0 Å². The molecule has 114 valence electrons. The van der Waals surface area contributed by atoms with Gasteiger partial charge >= 0.3 is 0 Å². The van der Waals surface area contributed by atoms with Gasteiger partial charge in [-0.3, -0.25) is 0 Å². The van der Waals surface area contributed by atoms with E-state index < -0.39 is 0 Å². The van der Waals surface area contributed by atoms with Crippen molar-refractivity contribution in [3.05, 3.63) is 34.9 Å². The van der Waals surface area contributed by atoms with Gasteiger partial charge in [-0.25, -0.2) is 0 Å². The first-order chi connectivity index (χ1) is 9.49. The molecule has 3 heteroatoms. The van der Waals surface area contributed by atoms with Crippen LogP contribution in [0.1, 0.15) is 39.2 Å². The van der Waals surface area contributed by atoms with Crippen LogP contribution < -0.4 is 5.32 Å². The van der Waals surface area contributed by atoms with E-state index in [0.717, 1.165) is 18.0 Å². The van der Waals surface area contributed by atoms with Crippen LogP contribution in [0.25, 0.3) is 0 Å². The fourth-order valence-electron chi connectivity index (χ4n) is 2.14. The van der Waals surface area contributed by atoms with Crippen molar-refractivity contribution in [2.24, 2.45) is 0 Å². The lowest BCUT2D eigenvalue weighted by atomic mass is 10.1. The highest BCUT2D eigenvalue weighted by molar-refractivity contribution is 6.30. The molecule has 0 aliphatic carbocycles. The van der Waals surface area contributed by atoms with Gasteiger partial charge in [0.25, 0.3) is 0 Å². The topological polar surface area (TPSA) is 15.3 Å². The van der Waals surface area contributed by atoms with E-state index in [1.165, 1.54) is 24.9 Å². The molecule has 1 N–H and O–H groups in total. The molecule has 0 aromatic heterocycles. The average molecular weight is 297 g/mol. The minimum absolute atomic E-state index is 0.513. The van der Waals surface area contributed by atoms with Crippen molar-refractivity contribution < 1.29 is 0 Å². The third-order valence-electron chi connectivity index (χ3n) is 3.77. The van der Waals surface area contributed by atoms with Gasteiger partial charge in [-0.1, -0.05) is 23.7 Å². The molecular weight excluding hydrogens is 268 g/mol. The number of nitrogens with one attached hydrogen (secondary N) is 1. The first kappa shape index (κ1) is 17.5. The summed E-state index contributed by atoms with van der Waals surface area (Å²) >= 11 is 5.89. The summed E-state index contributed by atoms with van der Waals surface area (Å²) in [6.45, 7) is 9.01. The molecule has 1 aromatic carbocycles. The summed E-state index contributed by atoms with van der Waals surface area (Å²) in [5, 5.41) is 4.41. The summed E-state index contributed by atoms with van der Waals surface area (Å²) in [6.07, 6.45) is 3.56. The van der Waals surface area contributed by atoms with Crippen LogP contribution in [0.4, 0.5) is 0 Å². The summed E-state index contributed by atoms with van der Waals surface area (Å²) in [4.78, 5) is 2.40. The van der Waals surface area contributed by atoms with Gasteiger partial charge in [-0.15, -0.1) is 0 Å². The summed E-state index contributed by atoms with van der Waals surface area (Å²) in [7, 11) is 2.20. The highest BCUT2D eigenvalue weighted by Crippen LogP contribution is 2.11. The van der Waals surface area contributed by atoms with Crippen LogP contribution in [0.15, 0.2) is 24.3 Å². The maximum Gasteiger partial charge on any atom is 0.0406 e. The van der Waals surface area contributed by atoms with Crippen molar-refractivity contribution in [2.45, 2.75) is 52.1 Å². The summed E-state index contributed by atoms with van der Waals surface area (Å²) in [5.74, 6) is 0. The molecule has 1 aromatic rings. The molecule has 0 saturated carbocycles. The second-order valence-electron chi connectivity index (χ2n) is 5.97. The second kappa shape index (κ2) is 9.38. The Balaban J connectivity index is 2.11. The Morgan fingerprint density at radius 2 is 1.75 bits per heavy atom. The Morgan fingerprint density at radius 3 is 2.35 bits per heavy atom. The Labute approximate surface area is 129 Å². The zero-order valence-electron chi connectivity index (χ0n) is 13.3. The number of benzene rings is 1. The predicted molar refractivity (Wildman–Crippen MR) is 89.6 cm³/mol. The maximum atomic E-state index is 5.89. The highest BCUT2D eigenvalue weighted by atomic mass is 35.5. The van der Waals surface area contributed by atoms with Gasteiger partial charge in [-0.05, 0) is 77.9 Å². The van der Waals surface area contributed by atoms with E-state index in [1.54, 1.807) is 0 Å². The van der Waals surface area contributed by atoms with Gasteiger partial charge in [0.1, 0.15) is 0 Å². The zero-order chi connectivity index (χ0) is 15.0. The number of unbranched alkanes of at least 4 members (excludes halogenated alkanes) is 1. The van der Waals surface area contributed by atoms with Crippen molar-refractivity contribution >= 4 is 11.6 Å². The molecule has 2 nitrogen and oxygen atoms in total. The third kappa shape index (κ3) is 7.28. The molecule has 0 aliphatic rings. The van der Waals surface area contributed by atoms with E-state index >= 15 is 0 Å². The number of nitrogens with zero attached hydrogens (tertiary/aromatic N) is 1. The number of hydrogen-bond donors (Lipinski definition) is 1. The number of halogens is 1. The van der Waals surface area contributed by atoms with Crippen LogP contribution in [-0.4, -0.2) is 37.1 Å². The van der Waals surface area contributed by atoms with Crippen LogP contribution in [0, 0.1) is 0 Å². The molecule has 0 amide bonds. The Bertz CT molecular complexity index is 362. The Hall–Kier alpha value is -0.570. The first-order valence-electron chi connectivity index (χ1n) is 7.67. The molecule has 0 radical (unpaired) electrons. The van der Waals surface area contributed by atoms with E-state index in [2.05, 4.69) is 50.2 Å². The summed E-state index contributed by atoms with van der Waals surface area (Å²) < 4.78 is 0. The minimum atomic E-state index is 0.513. The fraction of sp³-hybridized carbons (Fsp3) is 0.647. The van der Waals surface area contributed by atoms with Gasteiger partial charge < -0.3 is 10.2 Å². The van der Waals surface area contributed by atoms with Gasteiger partial charge in [0.15, 0.2) is 0 Å². The number of hydrogen-bond acceptors (Lipinski definition) is 2. The lowest BCUT2D eigenvalue weighted by Gasteiger charge is -2.21. The van der Waals surface area contributed by atoms with Crippen LogP contribution in [-0.2, 0) is 6.42 Å². The monoisotopic (exact) mass is 296 g/mol. The first-order valence-corrected chi connectivity index (χ1v) is 8.05. The minimum Gasteiger partial charge on any atom is -0.314 e. The van der Waals surface area contributed by atoms with Crippen LogP contribution >= 0.6 is 11.6 Å². The third-order valence-corrected chi connectivity index (χ3v) is 4.02. The molecule has 0 fully saturated rings. The van der Waals surface area contributed by atoms with Crippen molar-refractivity contribution in [3.63, 3.8) is 0 Å². The van der Waals surface area contributed by atoms with Crippen LogP contribution in [0.5, 0.6) is 0 Å². The van der Waals surface area contributed by atoms with Gasteiger partial charge in [-0.2, -0.15) is 0 Å². The van der Waals surface area contributed by atoms with Gasteiger partial charge in [0, 0.05) is 17.1 Å². The predicted octanol–water partition coefficient (Wildman–Crippen LogP) is 3.98. The molecule has 0 aliphatic heterocycles. The molecule has 0 bridgehead atoms. The normalized spacial score (nSPS) is 13.2. The lowest BCUT2D eigenvalue weighted by Crippen LogP contribution is -2.30. The standard InChI is InChI=1S/C17H29ClN2/c1-14(2)20(4)12-6-5-11-19-15(3)13-16-7-9-17(18)10-8-16/h7-10,14-15,19H,5-6,11-13H2,1-4H3. The van der Waals surface area contributed by atoms with Gasteiger partial charge in [0.05, 0.1) is 0 Å². The second-order valence-corrected chi connectivity index (χ2v) is 6.40. The van der Waals surface area contributed by atoms with E-state index in [1.807, 2.05) is 12.1 Å². The average Bonchev–Trinajstić information content (AvgIpc) is 2.40. The highest BCUT2D eigenvalue weighted by Gasteiger charge is 2.04. The van der Waals surface area contributed by atoms with Crippen molar-refractivity contribution in [2.75, 3.05) is 20.1 Å². The Morgan fingerprint density at radius 1 is 1.10 bits per heavy atom. The number of rotatable bonds is 9. The molecular formula is C17H29ClN2. The van der Waals surface area contributed by atoms with Crippen LogP contribution in [0.2, 0.25) is 5.02 Å². The maximum absolute atomic E-state index is 5.89. The summed E-state index contributed by atoms with van der Waals surface area (Å²) in [5.41, 5.74) is 1.34. The van der Waals surface area contributed by atoms with E-state index in [0.29, 0.717) is 12.1 Å². The largest absolute Gasteiger partial charge is 0.314 e. The Kier molecular flexibility index (Phi) is 8.20. The molecule has 20 heavy (non-hydrogen) atoms. The zero-order valence-corrected chi connectivity index (χ0v) is 14.1.